The Kier molecular flexibility index (Phi) is 10.8. The molecule has 138 valence electrons. The number of alkyl halides is 1. The monoisotopic (exact) mass is 380 g/mol. The van der Waals surface area contributed by atoms with Crippen LogP contribution in [0, 0.1) is 0 Å². The zero-order chi connectivity index (χ0) is 18.8. The third-order valence-corrected chi connectivity index (χ3v) is 3.83. The molecular formula is C15H25ClN2O5S. The number of anilines is 1. The lowest BCUT2D eigenvalue weighted by Gasteiger charge is -2.26. The Morgan fingerprint density at radius 1 is 1.21 bits per heavy atom. The van der Waals surface area contributed by atoms with Gasteiger partial charge >= 0.3 is 10.3 Å². The summed E-state index contributed by atoms with van der Waals surface area (Å²) in [5.41, 5.74) is 3.24. The molecule has 0 heterocycles. The minimum Gasteiger partial charge on any atom is -0.364 e. The van der Waals surface area contributed by atoms with Crippen molar-refractivity contribution in [1.29, 1.82) is 0 Å². The predicted octanol–water partition coefficient (Wildman–Crippen LogP) is 1.82. The highest BCUT2D eigenvalue weighted by Gasteiger charge is 2.19. The number of benzene rings is 1. The molecule has 0 saturated heterocycles. The van der Waals surface area contributed by atoms with Gasteiger partial charge in [0.1, 0.15) is 12.6 Å². The number of nitrogens with two attached hydrogens (primary N) is 1. The van der Waals surface area contributed by atoms with Crippen molar-refractivity contribution < 1.29 is 22.1 Å². The van der Waals surface area contributed by atoms with Gasteiger partial charge in [-0.15, -0.1) is 11.6 Å². The number of ether oxygens (including phenoxy) is 1. The summed E-state index contributed by atoms with van der Waals surface area (Å²) < 4.78 is 27.9. The molecule has 0 aliphatic rings. The van der Waals surface area contributed by atoms with Gasteiger partial charge in [-0.3, -0.25) is 13.9 Å². The minimum atomic E-state index is -3.66. The maximum Gasteiger partial charge on any atom is 0.333 e. The van der Waals surface area contributed by atoms with Gasteiger partial charge in [-0.1, -0.05) is 32.0 Å². The Labute approximate surface area is 148 Å². The summed E-state index contributed by atoms with van der Waals surface area (Å²) in [4.78, 5) is 13.6. The molecule has 0 radical (unpaired) electrons. The highest BCUT2D eigenvalue weighted by atomic mass is 35.5. The molecule has 0 aliphatic carbocycles. The molecule has 0 saturated carbocycles. The van der Waals surface area contributed by atoms with E-state index in [9.17, 15) is 13.2 Å². The van der Waals surface area contributed by atoms with E-state index in [1.807, 2.05) is 18.2 Å². The lowest BCUT2D eigenvalue weighted by molar-refractivity contribution is -0.117. The molecule has 1 aromatic carbocycles. The van der Waals surface area contributed by atoms with Crippen LogP contribution in [0.1, 0.15) is 25.0 Å². The zero-order valence-electron chi connectivity index (χ0n) is 14.4. The number of hydrogen-bond donors (Lipinski definition) is 1. The summed E-state index contributed by atoms with van der Waals surface area (Å²) in [7, 11) is -1.09. The van der Waals surface area contributed by atoms with Crippen molar-refractivity contribution in [2.75, 3.05) is 31.7 Å². The molecule has 0 unspecified atom stereocenters. The molecule has 1 rings (SSSR count). The number of hydrogen-bond acceptors (Lipinski definition) is 5. The van der Waals surface area contributed by atoms with E-state index in [0.717, 1.165) is 36.8 Å². The Balaban J connectivity index is 0.000000754. The Morgan fingerprint density at radius 2 is 1.67 bits per heavy atom. The summed E-state index contributed by atoms with van der Waals surface area (Å²) in [6, 6.07) is 6.11. The van der Waals surface area contributed by atoms with Crippen LogP contribution in [0.5, 0.6) is 0 Å². The van der Waals surface area contributed by atoms with Crippen molar-refractivity contribution in [2.24, 2.45) is 5.14 Å². The fourth-order valence-corrected chi connectivity index (χ4v) is 2.17. The van der Waals surface area contributed by atoms with Gasteiger partial charge in [0.15, 0.2) is 0 Å². The van der Waals surface area contributed by atoms with Gasteiger partial charge in [-0.25, -0.2) is 5.14 Å². The first kappa shape index (κ1) is 22.8. The second-order valence-electron chi connectivity index (χ2n) is 4.66. The van der Waals surface area contributed by atoms with Crippen LogP contribution in [-0.2, 0) is 36.9 Å². The van der Waals surface area contributed by atoms with Crippen molar-refractivity contribution in [3.05, 3.63) is 29.3 Å². The molecule has 0 atom stereocenters. The third-order valence-electron chi connectivity index (χ3n) is 3.14. The number of rotatable bonds is 7. The molecular weight excluding hydrogens is 356 g/mol. The quantitative estimate of drug-likeness (QED) is 0.574. The molecule has 0 aliphatic heterocycles. The lowest BCUT2D eigenvalue weighted by Crippen LogP contribution is -2.35. The van der Waals surface area contributed by atoms with Gasteiger partial charge in [0, 0.05) is 7.11 Å². The fourth-order valence-electron chi connectivity index (χ4n) is 2.02. The second-order valence-corrected chi connectivity index (χ2v) is 6.25. The van der Waals surface area contributed by atoms with E-state index >= 15 is 0 Å². The number of nitrogens with zero attached hydrogens (tertiary/aromatic N) is 1. The maximum atomic E-state index is 12.0. The van der Waals surface area contributed by atoms with E-state index in [2.05, 4.69) is 23.2 Å². The second kappa shape index (κ2) is 11.4. The van der Waals surface area contributed by atoms with Gasteiger partial charge in [-0.05, 0) is 24.0 Å². The molecule has 0 spiro atoms. The van der Waals surface area contributed by atoms with Crippen LogP contribution < -0.4 is 10.0 Å². The van der Waals surface area contributed by atoms with Crippen molar-refractivity contribution >= 4 is 33.5 Å². The SMILES string of the molecule is CCc1cccc(CC)c1N(COC)C(=O)CCl.COS(N)(=O)=O. The summed E-state index contributed by atoms with van der Waals surface area (Å²) >= 11 is 5.68. The summed E-state index contributed by atoms with van der Waals surface area (Å²) in [6.45, 7) is 4.39. The zero-order valence-corrected chi connectivity index (χ0v) is 16.0. The molecule has 24 heavy (non-hydrogen) atoms. The van der Waals surface area contributed by atoms with Gasteiger partial charge in [0.25, 0.3) is 0 Å². The molecule has 1 aromatic rings. The highest BCUT2D eigenvalue weighted by molar-refractivity contribution is 7.84. The molecule has 1 amide bonds. The van der Waals surface area contributed by atoms with Gasteiger partial charge in [0.05, 0.1) is 12.8 Å². The first-order valence-electron chi connectivity index (χ1n) is 7.29. The Hall–Kier alpha value is -1.19. The van der Waals surface area contributed by atoms with Crippen LogP contribution in [0.15, 0.2) is 18.2 Å². The van der Waals surface area contributed by atoms with Crippen LogP contribution in [-0.4, -0.2) is 41.2 Å². The molecule has 0 bridgehead atoms. The number of carbonyl (C=O) groups is 1. The number of methoxy groups -OCH3 is 1. The molecule has 0 fully saturated rings. The number of carbonyl (C=O) groups excluding carboxylic acids is 1. The predicted molar refractivity (Wildman–Crippen MR) is 95.4 cm³/mol. The normalized spacial score (nSPS) is 10.8. The Bertz CT molecular complexity index is 600. The fraction of sp³-hybridized carbons (Fsp3) is 0.533. The van der Waals surface area contributed by atoms with Crippen molar-refractivity contribution in [3.8, 4) is 0 Å². The maximum absolute atomic E-state index is 12.0. The number of amides is 1. The van der Waals surface area contributed by atoms with Crippen LogP contribution in [0.25, 0.3) is 0 Å². The molecule has 0 aromatic heterocycles. The van der Waals surface area contributed by atoms with E-state index in [4.69, 9.17) is 16.3 Å². The smallest absolute Gasteiger partial charge is 0.333 e. The average molecular weight is 381 g/mol. The number of para-hydroxylation sites is 1. The summed E-state index contributed by atoms with van der Waals surface area (Å²) in [5, 5.41) is 4.28. The van der Waals surface area contributed by atoms with Crippen molar-refractivity contribution in [1.82, 2.24) is 0 Å². The lowest BCUT2D eigenvalue weighted by atomic mass is 10.0. The van der Waals surface area contributed by atoms with E-state index in [1.54, 1.807) is 12.0 Å². The first-order valence-corrected chi connectivity index (χ1v) is 9.30. The Morgan fingerprint density at radius 3 is 1.96 bits per heavy atom. The van der Waals surface area contributed by atoms with Crippen molar-refractivity contribution in [3.63, 3.8) is 0 Å². The van der Waals surface area contributed by atoms with Crippen LogP contribution in [0.4, 0.5) is 5.69 Å². The molecule has 2 N–H and O–H groups in total. The van der Waals surface area contributed by atoms with Crippen LogP contribution >= 0.6 is 11.6 Å². The summed E-state index contributed by atoms with van der Waals surface area (Å²) in [5.74, 6) is -0.168. The highest BCUT2D eigenvalue weighted by Crippen LogP contribution is 2.27. The van der Waals surface area contributed by atoms with Crippen molar-refractivity contribution in [2.45, 2.75) is 26.7 Å². The third kappa shape index (κ3) is 7.59. The van der Waals surface area contributed by atoms with Crippen LogP contribution in [0.2, 0.25) is 0 Å². The topological polar surface area (TPSA) is 98.9 Å². The summed E-state index contributed by atoms with van der Waals surface area (Å²) in [6.07, 6.45) is 1.75. The van der Waals surface area contributed by atoms with Gasteiger partial charge < -0.3 is 4.74 Å². The van der Waals surface area contributed by atoms with Crippen LogP contribution in [0.3, 0.4) is 0 Å². The molecule has 7 nitrogen and oxygen atoms in total. The van der Waals surface area contributed by atoms with E-state index < -0.39 is 10.3 Å². The van der Waals surface area contributed by atoms with E-state index in [1.165, 1.54) is 0 Å². The van der Waals surface area contributed by atoms with Gasteiger partial charge in [0.2, 0.25) is 5.91 Å². The largest absolute Gasteiger partial charge is 0.364 e. The average Bonchev–Trinajstić information content (AvgIpc) is 2.58. The minimum absolute atomic E-state index is 0.0371. The number of aryl methyl sites for hydroxylation is 2. The first-order chi connectivity index (χ1) is 11.2. The molecule has 9 heteroatoms. The van der Waals surface area contributed by atoms with Gasteiger partial charge in [-0.2, -0.15) is 8.42 Å². The standard InChI is InChI=1S/C14H20ClNO2.CH5NO3S/c1-4-11-7-6-8-12(5-2)14(11)16(10-18-3)13(17)9-15;1-5-6(2,3)4/h6-8H,4-5,9-10H2,1-3H3;1H3,(H2,2,3,4). The van der Waals surface area contributed by atoms with E-state index in [0.29, 0.717) is 0 Å². The number of halogens is 1. The van der Waals surface area contributed by atoms with E-state index in [-0.39, 0.29) is 18.5 Å².